The SMILES string of the molecule is CCOC(CN(C)CCCN)OCC. The summed E-state index contributed by atoms with van der Waals surface area (Å²) >= 11 is 0. The molecule has 0 radical (unpaired) electrons. The van der Waals surface area contributed by atoms with Crippen molar-refractivity contribution < 1.29 is 9.47 Å². The van der Waals surface area contributed by atoms with Crippen LogP contribution < -0.4 is 5.73 Å². The fraction of sp³-hybridized carbons (Fsp3) is 1.00. The van der Waals surface area contributed by atoms with Crippen molar-refractivity contribution in [3.05, 3.63) is 0 Å². The van der Waals surface area contributed by atoms with Gasteiger partial charge in [0.05, 0.1) is 0 Å². The molecule has 0 bridgehead atoms. The van der Waals surface area contributed by atoms with Crippen LogP contribution in [0.1, 0.15) is 20.3 Å². The summed E-state index contributed by atoms with van der Waals surface area (Å²) in [5, 5.41) is 0. The van der Waals surface area contributed by atoms with Gasteiger partial charge in [-0.1, -0.05) is 0 Å². The molecule has 14 heavy (non-hydrogen) atoms. The first-order valence-electron chi connectivity index (χ1n) is 5.36. The third-order valence-electron chi connectivity index (χ3n) is 1.91. The topological polar surface area (TPSA) is 47.7 Å². The van der Waals surface area contributed by atoms with Gasteiger partial charge in [0.15, 0.2) is 6.29 Å². The molecule has 4 nitrogen and oxygen atoms in total. The van der Waals surface area contributed by atoms with E-state index >= 15 is 0 Å². The molecular formula is C10H24N2O2. The highest BCUT2D eigenvalue weighted by Crippen LogP contribution is 1.98. The highest BCUT2D eigenvalue weighted by atomic mass is 16.7. The number of nitrogens with two attached hydrogens (primary N) is 1. The monoisotopic (exact) mass is 204 g/mol. The molecule has 0 aliphatic heterocycles. The summed E-state index contributed by atoms with van der Waals surface area (Å²) in [5.41, 5.74) is 5.44. The molecule has 0 rings (SSSR count). The summed E-state index contributed by atoms with van der Waals surface area (Å²) in [7, 11) is 2.06. The lowest BCUT2D eigenvalue weighted by Crippen LogP contribution is -2.34. The van der Waals surface area contributed by atoms with Crippen LogP contribution in [0.2, 0.25) is 0 Å². The van der Waals surface area contributed by atoms with E-state index in [2.05, 4.69) is 11.9 Å². The molecule has 0 atom stereocenters. The molecule has 0 spiro atoms. The van der Waals surface area contributed by atoms with Crippen LogP contribution in [0.5, 0.6) is 0 Å². The first-order valence-corrected chi connectivity index (χ1v) is 5.36. The lowest BCUT2D eigenvalue weighted by Gasteiger charge is -2.23. The van der Waals surface area contributed by atoms with Gasteiger partial charge in [0.1, 0.15) is 0 Å². The Morgan fingerprint density at radius 3 is 2.21 bits per heavy atom. The van der Waals surface area contributed by atoms with E-state index in [1.165, 1.54) is 0 Å². The highest BCUT2D eigenvalue weighted by Gasteiger charge is 2.10. The maximum absolute atomic E-state index is 5.44. The smallest absolute Gasteiger partial charge is 0.170 e. The summed E-state index contributed by atoms with van der Waals surface area (Å²) < 4.78 is 10.9. The van der Waals surface area contributed by atoms with E-state index < -0.39 is 0 Å². The van der Waals surface area contributed by atoms with Crippen molar-refractivity contribution >= 4 is 0 Å². The molecule has 0 aromatic heterocycles. The van der Waals surface area contributed by atoms with Crippen molar-refractivity contribution in [3.63, 3.8) is 0 Å². The first-order chi connectivity index (χ1) is 6.74. The Labute approximate surface area is 87.4 Å². The molecule has 4 heteroatoms. The minimum absolute atomic E-state index is 0.104. The second kappa shape index (κ2) is 9.40. The number of hydrogen-bond acceptors (Lipinski definition) is 4. The second-order valence-electron chi connectivity index (χ2n) is 3.24. The fourth-order valence-corrected chi connectivity index (χ4v) is 1.23. The zero-order valence-corrected chi connectivity index (χ0v) is 9.66. The van der Waals surface area contributed by atoms with Gasteiger partial charge >= 0.3 is 0 Å². The Morgan fingerprint density at radius 1 is 1.21 bits per heavy atom. The number of likely N-dealkylation sites (N-methyl/N-ethyl adjacent to an activating group) is 1. The van der Waals surface area contributed by atoms with Crippen LogP contribution in [0, 0.1) is 0 Å². The minimum atomic E-state index is -0.104. The summed E-state index contributed by atoms with van der Waals surface area (Å²) in [5.74, 6) is 0. The molecule has 0 aliphatic carbocycles. The fourth-order valence-electron chi connectivity index (χ4n) is 1.23. The van der Waals surface area contributed by atoms with E-state index in [1.807, 2.05) is 13.8 Å². The maximum Gasteiger partial charge on any atom is 0.170 e. The van der Waals surface area contributed by atoms with Crippen molar-refractivity contribution in [1.29, 1.82) is 0 Å². The number of nitrogens with zero attached hydrogens (tertiary/aromatic N) is 1. The van der Waals surface area contributed by atoms with E-state index in [0.29, 0.717) is 13.2 Å². The lowest BCUT2D eigenvalue weighted by molar-refractivity contribution is -0.145. The zero-order chi connectivity index (χ0) is 10.8. The molecular weight excluding hydrogens is 180 g/mol. The third kappa shape index (κ3) is 7.26. The van der Waals surface area contributed by atoms with Gasteiger partial charge in [0, 0.05) is 19.8 Å². The Kier molecular flexibility index (Phi) is 9.29. The normalized spacial score (nSPS) is 11.6. The van der Waals surface area contributed by atoms with Crippen molar-refractivity contribution in [2.45, 2.75) is 26.6 Å². The molecule has 2 N–H and O–H groups in total. The van der Waals surface area contributed by atoms with E-state index in [4.69, 9.17) is 15.2 Å². The number of ether oxygens (including phenoxy) is 2. The van der Waals surface area contributed by atoms with Gasteiger partial charge in [-0.05, 0) is 40.4 Å². The largest absolute Gasteiger partial charge is 0.352 e. The predicted octanol–water partition coefficient (Wildman–Crippen LogP) is 0.666. The molecule has 0 aromatic carbocycles. The quantitative estimate of drug-likeness (QED) is 0.561. The average molecular weight is 204 g/mol. The lowest BCUT2D eigenvalue weighted by atomic mass is 10.4. The third-order valence-corrected chi connectivity index (χ3v) is 1.91. The number of rotatable bonds is 9. The van der Waals surface area contributed by atoms with Crippen molar-refractivity contribution in [3.8, 4) is 0 Å². The summed E-state index contributed by atoms with van der Waals surface area (Å²) in [4.78, 5) is 2.18. The van der Waals surface area contributed by atoms with Crippen LogP contribution in [0.25, 0.3) is 0 Å². The van der Waals surface area contributed by atoms with Crippen LogP contribution in [-0.2, 0) is 9.47 Å². The Morgan fingerprint density at radius 2 is 1.79 bits per heavy atom. The van der Waals surface area contributed by atoms with Gasteiger partial charge in [0.2, 0.25) is 0 Å². The predicted molar refractivity (Wildman–Crippen MR) is 58.2 cm³/mol. The van der Waals surface area contributed by atoms with Crippen LogP contribution in [0.3, 0.4) is 0 Å². The van der Waals surface area contributed by atoms with E-state index in [9.17, 15) is 0 Å². The van der Waals surface area contributed by atoms with Gasteiger partial charge < -0.3 is 20.1 Å². The molecule has 86 valence electrons. The van der Waals surface area contributed by atoms with Crippen molar-refractivity contribution in [1.82, 2.24) is 4.90 Å². The summed E-state index contributed by atoms with van der Waals surface area (Å²) in [6.45, 7) is 7.87. The van der Waals surface area contributed by atoms with E-state index in [0.717, 1.165) is 26.1 Å². The molecule has 0 unspecified atom stereocenters. The second-order valence-corrected chi connectivity index (χ2v) is 3.24. The maximum atomic E-state index is 5.44. The van der Waals surface area contributed by atoms with Crippen LogP contribution in [0.15, 0.2) is 0 Å². The van der Waals surface area contributed by atoms with Gasteiger partial charge in [-0.3, -0.25) is 0 Å². The first kappa shape index (κ1) is 13.8. The molecule has 0 aromatic rings. The van der Waals surface area contributed by atoms with Gasteiger partial charge in [-0.2, -0.15) is 0 Å². The molecule has 0 saturated carbocycles. The Hall–Kier alpha value is -0.160. The van der Waals surface area contributed by atoms with Gasteiger partial charge in [-0.25, -0.2) is 0 Å². The van der Waals surface area contributed by atoms with E-state index in [1.54, 1.807) is 0 Å². The molecule has 0 saturated heterocycles. The molecule has 0 heterocycles. The van der Waals surface area contributed by atoms with Crippen LogP contribution in [-0.4, -0.2) is 51.1 Å². The van der Waals surface area contributed by atoms with Crippen molar-refractivity contribution in [2.24, 2.45) is 5.73 Å². The van der Waals surface area contributed by atoms with Gasteiger partial charge in [-0.15, -0.1) is 0 Å². The molecule has 0 fully saturated rings. The summed E-state index contributed by atoms with van der Waals surface area (Å²) in [6, 6.07) is 0. The van der Waals surface area contributed by atoms with Gasteiger partial charge in [0.25, 0.3) is 0 Å². The Bertz CT molecular complexity index is 117. The van der Waals surface area contributed by atoms with Crippen LogP contribution >= 0.6 is 0 Å². The number of hydrogen-bond donors (Lipinski definition) is 1. The standard InChI is InChI=1S/C10H24N2O2/c1-4-13-10(14-5-2)9-12(3)8-6-7-11/h10H,4-9,11H2,1-3H3. The zero-order valence-electron chi connectivity index (χ0n) is 9.66. The van der Waals surface area contributed by atoms with E-state index in [-0.39, 0.29) is 6.29 Å². The Balaban J connectivity index is 3.64. The summed E-state index contributed by atoms with van der Waals surface area (Å²) in [6.07, 6.45) is 0.911. The van der Waals surface area contributed by atoms with Crippen LogP contribution in [0.4, 0.5) is 0 Å². The molecule has 0 amide bonds. The molecule has 0 aliphatic rings. The average Bonchev–Trinajstić information content (AvgIpc) is 2.15. The highest BCUT2D eigenvalue weighted by molar-refractivity contribution is 4.55. The minimum Gasteiger partial charge on any atom is -0.352 e. The van der Waals surface area contributed by atoms with Crippen molar-refractivity contribution in [2.75, 3.05) is 39.9 Å².